The molecule has 5 rings (SSSR count). The first kappa shape index (κ1) is 21.5. The lowest BCUT2D eigenvalue weighted by atomic mass is 10.2. The predicted octanol–water partition coefficient (Wildman–Crippen LogP) is 3.06. The summed E-state index contributed by atoms with van der Waals surface area (Å²) in [5.74, 6) is 2.67. The highest BCUT2D eigenvalue weighted by Crippen LogP contribution is 2.36. The van der Waals surface area contributed by atoms with Crippen molar-refractivity contribution in [1.82, 2.24) is 9.97 Å². The van der Waals surface area contributed by atoms with E-state index in [0.717, 1.165) is 61.8 Å². The van der Waals surface area contributed by atoms with Crippen LogP contribution in [0.3, 0.4) is 0 Å². The van der Waals surface area contributed by atoms with Crippen LogP contribution >= 0.6 is 0 Å². The van der Waals surface area contributed by atoms with Gasteiger partial charge in [-0.05, 0) is 30.3 Å². The molecule has 1 N–H and O–H groups in total. The van der Waals surface area contributed by atoms with E-state index >= 15 is 0 Å². The largest absolute Gasteiger partial charge is 0.493 e. The Labute approximate surface area is 193 Å². The summed E-state index contributed by atoms with van der Waals surface area (Å²) >= 11 is 0. The van der Waals surface area contributed by atoms with Crippen LogP contribution in [0, 0.1) is 0 Å². The summed E-state index contributed by atoms with van der Waals surface area (Å²) in [4.78, 5) is 14.2. The molecule has 174 valence electrons. The minimum atomic E-state index is 0.637. The fourth-order valence-corrected chi connectivity index (χ4v) is 4.16. The Hall–Kier alpha value is -3.30. The lowest BCUT2D eigenvalue weighted by Crippen LogP contribution is -2.37. The zero-order valence-electron chi connectivity index (χ0n) is 19.0. The standard InChI is InChI=1S/C24H29N5O4/c1-30-21-15-19-20(16-22(21)31-2)26-24(29-9-13-33-14-10-29)27-23(19)25-17-3-5-18(6-4-17)28-7-11-32-12-8-28/h3-6,15-16H,7-14H2,1-2H3,(H,25,26,27). The van der Waals surface area contributed by atoms with Crippen molar-refractivity contribution in [2.45, 2.75) is 0 Å². The Morgan fingerprint density at radius 2 is 1.39 bits per heavy atom. The SMILES string of the molecule is COc1cc2nc(N3CCOCC3)nc(Nc3ccc(N4CCOCC4)cc3)c2cc1OC. The fourth-order valence-electron chi connectivity index (χ4n) is 4.16. The summed E-state index contributed by atoms with van der Waals surface area (Å²) in [7, 11) is 3.26. The van der Waals surface area contributed by atoms with Gasteiger partial charge in [0.1, 0.15) is 5.82 Å². The Morgan fingerprint density at radius 3 is 2.03 bits per heavy atom. The highest BCUT2D eigenvalue weighted by molar-refractivity contribution is 5.94. The van der Waals surface area contributed by atoms with Gasteiger partial charge in [0.2, 0.25) is 5.95 Å². The Kier molecular flexibility index (Phi) is 6.32. The lowest BCUT2D eigenvalue weighted by Gasteiger charge is -2.29. The zero-order chi connectivity index (χ0) is 22.6. The number of morpholine rings is 2. The molecule has 0 aliphatic carbocycles. The number of aromatic nitrogens is 2. The Balaban J connectivity index is 1.50. The molecule has 0 spiro atoms. The maximum Gasteiger partial charge on any atom is 0.228 e. The van der Waals surface area contributed by atoms with Crippen LogP contribution in [0.2, 0.25) is 0 Å². The van der Waals surface area contributed by atoms with Crippen molar-refractivity contribution in [1.29, 1.82) is 0 Å². The maximum absolute atomic E-state index is 5.53. The van der Waals surface area contributed by atoms with E-state index < -0.39 is 0 Å². The number of benzene rings is 2. The molecule has 0 amide bonds. The van der Waals surface area contributed by atoms with E-state index in [4.69, 9.17) is 28.9 Å². The van der Waals surface area contributed by atoms with Crippen LogP contribution in [-0.4, -0.2) is 76.8 Å². The minimum Gasteiger partial charge on any atom is -0.493 e. The van der Waals surface area contributed by atoms with E-state index in [2.05, 4.69) is 39.4 Å². The molecule has 2 fully saturated rings. The molecule has 2 aromatic carbocycles. The third-order valence-corrected chi connectivity index (χ3v) is 5.99. The number of rotatable bonds is 6. The van der Waals surface area contributed by atoms with E-state index in [1.807, 2.05) is 12.1 Å². The van der Waals surface area contributed by atoms with E-state index in [1.165, 1.54) is 5.69 Å². The first-order chi connectivity index (χ1) is 16.2. The average Bonchev–Trinajstić information content (AvgIpc) is 2.89. The average molecular weight is 452 g/mol. The molecule has 1 aromatic heterocycles. The van der Waals surface area contributed by atoms with Crippen molar-refractivity contribution in [3.8, 4) is 11.5 Å². The van der Waals surface area contributed by atoms with Crippen molar-refractivity contribution in [2.75, 3.05) is 81.9 Å². The van der Waals surface area contributed by atoms with Crippen LogP contribution in [0.1, 0.15) is 0 Å². The first-order valence-corrected chi connectivity index (χ1v) is 11.2. The van der Waals surface area contributed by atoms with Gasteiger partial charge in [0.15, 0.2) is 11.5 Å². The Bertz CT molecular complexity index is 1100. The van der Waals surface area contributed by atoms with E-state index in [1.54, 1.807) is 14.2 Å². The second-order valence-electron chi connectivity index (χ2n) is 7.97. The van der Waals surface area contributed by atoms with Gasteiger partial charge in [-0.3, -0.25) is 0 Å². The van der Waals surface area contributed by atoms with Crippen LogP contribution < -0.4 is 24.6 Å². The summed E-state index contributed by atoms with van der Waals surface area (Å²) in [6.45, 7) is 6.20. The number of fused-ring (bicyclic) bond motifs is 1. The molecule has 3 aromatic rings. The van der Waals surface area contributed by atoms with E-state index in [-0.39, 0.29) is 0 Å². The molecular weight excluding hydrogens is 422 g/mol. The highest BCUT2D eigenvalue weighted by Gasteiger charge is 2.19. The fraction of sp³-hybridized carbons (Fsp3) is 0.417. The predicted molar refractivity (Wildman–Crippen MR) is 128 cm³/mol. The number of nitrogens with one attached hydrogen (secondary N) is 1. The van der Waals surface area contributed by atoms with Crippen LogP contribution in [0.25, 0.3) is 10.9 Å². The summed E-state index contributed by atoms with van der Waals surface area (Å²) in [5.41, 5.74) is 2.93. The van der Waals surface area contributed by atoms with Crippen molar-refractivity contribution in [2.24, 2.45) is 0 Å². The summed E-state index contributed by atoms with van der Waals surface area (Å²) in [6, 6.07) is 12.2. The molecule has 2 saturated heterocycles. The molecule has 2 aliphatic rings. The highest BCUT2D eigenvalue weighted by atomic mass is 16.5. The van der Waals surface area contributed by atoms with Gasteiger partial charge >= 0.3 is 0 Å². The number of nitrogens with zero attached hydrogens (tertiary/aromatic N) is 4. The van der Waals surface area contributed by atoms with Gasteiger partial charge < -0.3 is 34.1 Å². The molecule has 2 aliphatic heterocycles. The zero-order valence-corrected chi connectivity index (χ0v) is 19.0. The molecule has 3 heterocycles. The van der Waals surface area contributed by atoms with Crippen LogP contribution in [0.5, 0.6) is 11.5 Å². The van der Waals surface area contributed by atoms with E-state index in [9.17, 15) is 0 Å². The van der Waals surface area contributed by atoms with Gasteiger partial charge in [-0.1, -0.05) is 0 Å². The van der Waals surface area contributed by atoms with Gasteiger partial charge in [-0.2, -0.15) is 4.98 Å². The number of anilines is 4. The van der Waals surface area contributed by atoms with Gasteiger partial charge in [0, 0.05) is 49.0 Å². The molecule has 33 heavy (non-hydrogen) atoms. The topological polar surface area (TPSA) is 81.2 Å². The molecule has 0 bridgehead atoms. The van der Waals surface area contributed by atoms with Gasteiger partial charge in [0.25, 0.3) is 0 Å². The maximum atomic E-state index is 5.53. The number of methoxy groups -OCH3 is 2. The quantitative estimate of drug-likeness (QED) is 0.608. The molecular formula is C24H29N5O4. The normalized spacial score (nSPS) is 16.7. The number of hydrogen-bond donors (Lipinski definition) is 1. The third kappa shape index (κ3) is 4.60. The summed E-state index contributed by atoms with van der Waals surface area (Å²) < 4.78 is 22.0. The van der Waals surface area contributed by atoms with Crippen LogP contribution in [0.4, 0.5) is 23.1 Å². The summed E-state index contributed by atoms with van der Waals surface area (Å²) in [6.07, 6.45) is 0. The van der Waals surface area contributed by atoms with E-state index in [0.29, 0.717) is 30.7 Å². The van der Waals surface area contributed by atoms with Crippen LogP contribution in [0.15, 0.2) is 36.4 Å². The molecule has 9 nitrogen and oxygen atoms in total. The van der Waals surface area contributed by atoms with Gasteiger partial charge in [0.05, 0.1) is 46.2 Å². The molecule has 0 atom stereocenters. The van der Waals surface area contributed by atoms with Crippen LogP contribution in [-0.2, 0) is 9.47 Å². The van der Waals surface area contributed by atoms with Gasteiger partial charge in [-0.25, -0.2) is 4.98 Å². The van der Waals surface area contributed by atoms with Gasteiger partial charge in [-0.15, -0.1) is 0 Å². The van der Waals surface area contributed by atoms with Crippen molar-refractivity contribution >= 4 is 34.0 Å². The summed E-state index contributed by atoms with van der Waals surface area (Å²) in [5, 5.41) is 4.36. The first-order valence-electron chi connectivity index (χ1n) is 11.2. The monoisotopic (exact) mass is 451 g/mol. The van der Waals surface area contributed by atoms with Crippen molar-refractivity contribution in [3.05, 3.63) is 36.4 Å². The number of hydrogen-bond acceptors (Lipinski definition) is 9. The second kappa shape index (κ2) is 9.68. The van der Waals surface area contributed by atoms with Crippen molar-refractivity contribution in [3.63, 3.8) is 0 Å². The Morgan fingerprint density at radius 1 is 0.788 bits per heavy atom. The third-order valence-electron chi connectivity index (χ3n) is 5.99. The van der Waals surface area contributed by atoms with Crippen molar-refractivity contribution < 1.29 is 18.9 Å². The second-order valence-corrected chi connectivity index (χ2v) is 7.97. The lowest BCUT2D eigenvalue weighted by molar-refractivity contribution is 0.122. The minimum absolute atomic E-state index is 0.637. The molecule has 0 saturated carbocycles. The molecule has 0 radical (unpaired) electrons. The number of ether oxygens (including phenoxy) is 4. The smallest absolute Gasteiger partial charge is 0.228 e. The molecule has 9 heteroatoms. The molecule has 0 unspecified atom stereocenters.